The Morgan fingerprint density at radius 1 is 1.12 bits per heavy atom. The van der Waals surface area contributed by atoms with Crippen molar-refractivity contribution in [2.75, 3.05) is 0 Å². The SMILES string of the molecule is O=C(O)[C@@H](Cc1ccccc1)n1cccc1. The Labute approximate surface area is 94.0 Å². The Morgan fingerprint density at radius 2 is 1.75 bits per heavy atom. The minimum Gasteiger partial charge on any atom is -0.480 e. The molecule has 1 atom stereocenters. The molecule has 0 fully saturated rings. The third-order valence-corrected chi connectivity index (χ3v) is 2.54. The molecule has 0 bridgehead atoms. The summed E-state index contributed by atoms with van der Waals surface area (Å²) in [6.45, 7) is 0. The molecule has 0 aliphatic rings. The van der Waals surface area contributed by atoms with Crippen LogP contribution in [0.5, 0.6) is 0 Å². The zero-order valence-electron chi connectivity index (χ0n) is 8.78. The van der Waals surface area contributed by atoms with E-state index in [1.54, 1.807) is 17.0 Å². The van der Waals surface area contributed by atoms with Gasteiger partial charge in [-0.05, 0) is 17.7 Å². The van der Waals surface area contributed by atoms with Gasteiger partial charge in [0, 0.05) is 18.8 Å². The molecule has 2 aromatic rings. The van der Waals surface area contributed by atoms with Crippen LogP contribution >= 0.6 is 0 Å². The largest absolute Gasteiger partial charge is 0.480 e. The lowest BCUT2D eigenvalue weighted by atomic mass is 10.1. The van der Waals surface area contributed by atoms with Gasteiger partial charge in [0.25, 0.3) is 0 Å². The molecule has 0 amide bonds. The number of hydrogen-bond acceptors (Lipinski definition) is 1. The molecule has 0 aliphatic carbocycles. The second kappa shape index (κ2) is 4.66. The van der Waals surface area contributed by atoms with E-state index < -0.39 is 12.0 Å². The van der Waals surface area contributed by atoms with Gasteiger partial charge in [-0.2, -0.15) is 0 Å². The Morgan fingerprint density at radius 3 is 2.31 bits per heavy atom. The number of aliphatic carboxylic acids is 1. The van der Waals surface area contributed by atoms with Crippen LogP contribution in [0.1, 0.15) is 11.6 Å². The van der Waals surface area contributed by atoms with E-state index in [2.05, 4.69) is 0 Å². The van der Waals surface area contributed by atoms with Crippen LogP contribution in [-0.2, 0) is 11.2 Å². The second-order valence-electron chi connectivity index (χ2n) is 3.67. The van der Waals surface area contributed by atoms with Crippen molar-refractivity contribution < 1.29 is 9.90 Å². The quantitative estimate of drug-likeness (QED) is 0.850. The summed E-state index contributed by atoms with van der Waals surface area (Å²) >= 11 is 0. The van der Waals surface area contributed by atoms with Gasteiger partial charge in [-0.25, -0.2) is 4.79 Å². The van der Waals surface area contributed by atoms with Crippen LogP contribution in [0.25, 0.3) is 0 Å². The summed E-state index contributed by atoms with van der Waals surface area (Å²) in [6.07, 6.45) is 4.06. The third kappa shape index (κ3) is 2.31. The van der Waals surface area contributed by atoms with Crippen molar-refractivity contribution in [1.29, 1.82) is 0 Å². The highest BCUT2D eigenvalue weighted by molar-refractivity contribution is 5.72. The van der Waals surface area contributed by atoms with Crippen LogP contribution in [0.3, 0.4) is 0 Å². The number of carbonyl (C=O) groups is 1. The number of rotatable bonds is 4. The van der Waals surface area contributed by atoms with Crippen molar-refractivity contribution in [3.8, 4) is 0 Å². The molecule has 1 aromatic heterocycles. The van der Waals surface area contributed by atoms with Crippen molar-refractivity contribution >= 4 is 5.97 Å². The van der Waals surface area contributed by atoms with Gasteiger partial charge in [0.1, 0.15) is 6.04 Å². The zero-order chi connectivity index (χ0) is 11.4. The molecule has 0 unspecified atom stereocenters. The molecule has 0 saturated carbocycles. The van der Waals surface area contributed by atoms with Crippen molar-refractivity contribution in [1.82, 2.24) is 4.57 Å². The fraction of sp³-hybridized carbons (Fsp3) is 0.154. The first-order valence-electron chi connectivity index (χ1n) is 5.16. The van der Waals surface area contributed by atoms with Gasteiger partial charge >= 0.3 is 5.97 Å². The maximum Gasteiger partial charge on any atom is 0.327 e. The lowest BCUT2D eigenvalue weighted by Gasteiger charge is -2.14. The maximum atomic E-state index is 11.2. The summed E-state index contributed by atoms with van der Waals surface area (Å²) in [7, 11) is 0. The molecule has 82 valence electrons. The molecule has 1 aromatic carbocycles. The van der Waals surface area contributed by atoms with Gasteiger partial charge in [0.2, 0.25) is 0 Å². The van der Waals surface area contributed by atoms with E-state index >= 15 is 0 Å². The van der Waals surface area contributed by atoms with Crippen LogP contribution in [0.2, 0.25) is 0 Å². The van der Waals surface area contributed by atoms with Gasteiger partial charge in [0.15, 0.2) is 0 Å². The highest BCUT2D eigenvalue weighted by Gasteiger charge is 2.18. The smallest absolute Gasteiger partial charge is 0.327 e. The first-order chi connectivity index (χ1) is 7.77. The van der Waals surface area contributed by atoms with Gasteiger partial charge < -0.3 is 9.67 Å². The standard InChI is InChI=1S/C13H13NO2/c15-13(16)12(14-8-4-5-9-14)10-11-6-2-1-3-7-11/h1-9,12H,10H2,(H,15,16)/t12-/m1/s1. The zero-order valence-corrected chi connectivity index (χ0v) is 8.78. The summed E-state index contributed by atoms with van der Waals surface area (Å²) in [6, 6.07) is 12.8. The number of carboxylic acids is 1. The molecule has 3 nitrogen and oxygen atoms in total. The Hall–Kier alpha value is -2.03. The first-order valence-corrected chi connectivity index (χ1v) is 5.16. The molecule has 1 N–H and O–H groups in total. The number of hydrogen-bond donors (Lipinski definition) is 1. The van der Waals surface area contributed by atoms with Gasteiger partial charge in [-0.1, -0.05) is 30.3 Å². The highest BCUT2D eigenvalue weighted by Crippen LogP contribution is 2.14. The topological polar surface area (TPSA) is 42.2 Å². The second-order valence-corrected chi connectivity index (χ2v) is 3.67. The molecular weight excluding hydrogens is 202 g/mol. The molecule has 0 spiro atoms. The van der Waals surface area contributed by atoms with E-state index in [0.717, 1.165) is 5.56 Å². The first kappa shape index (κ1) is 10.5. The fourth-order valence-corrected chi connectivity index (χ4v) is 1.71. The predicted octanol–water partition coefficient (Wildman–Crippen LogP) is 2.36. The lowest BCUT2D eigenvalue weighted by Crippen LogP contribution is -2.20. The number of benzene rings is 1. The molecule has 0 radical (unpaired) electrons. The van der Waals surface area contributed by atoms with Crippen LogP contribution in [0.4, 0.5) is 0 Å². The van der Waals surface area contributed by atoms with E-state index in [9.17, 15) is 9.90 Å². The minimum absolute atomic E-state index is 0.505. The van der Waals surface area contributed by atoms with Gasteiger partial charge in [-0.3, -0.25) is 0 Å². The summed E-state index contributed by atoms with van der Waals surface area (Å²) in [4.78, 5) is 11.2. The molecule has 2 rings (SSSR count). The maximum absolute atomic E-state index is 11.2. The summed E-state index contributed by atoms with van der Waals surface area (Å²) in [5.41, 5.74) is 1.03. The highest BCUT2D eigenvalue weighted by atomic mass is 16.4. The van der Waals surface area contributed by atoms with Crippen LogP contribution in [-0.4, -0.2) is 15.6 Å². The molecular formula is C13H13NO2. The Balaban J connectivity index is 2.19. The molecule has 0 aliphatic heterocycles. The third-order valence-electron chi connectivity index (χ3n) is 2.54. The minimum atomic E-state index is -0.806. The average Bonchev–Trinajstić information content (AvgIpc) is 2.80. The predicted molar refractivity (Wildman–Crippen MR) is 61.3 cm³/mol. The van der Waals surface area contributed by atoms with E-state index in [-0.39, 0.29) is 0 Å². The summed E-state index contributed by atoms with van der Waals surface area (Å²) < 4.78 is 1.72. The van der Waals surface area contributed by atoms with Gasteiger partial charge in [-0.15, -0.1) is 0 Å². The Kier molecular flexibility index (Phi) is 3.05. The molecule has 1 heterocycles. The number of aromatic nitrogens is 1. The monoisotopic (exact) mass is 215 g/mol. The van der Waals surface area contributed by atoms with Crippen molar-refractivity contribution in [2.45, 2.75) is 12.5 Å². The van der Waals surface area contributed by atoms with Crippen LogP contribution in [0.15, 0.2) is 54.9 Å². The summed E-state index contributed by atoms with van der Waals surface area (Å²) in [5.74, 6) is -0.806. The fourth-order valence-electron chi connectivity index (χ4n) is 1.71. The summed E-state index contributed by atoms with van der Waals surface area (Å²) in [5, 5.41) is 9.19. The Bertz CT molecular complexity index is 448. The van der Waals surface area contributed by atoms with Crippen molar-refractivity contribution in [3.05, 3.63) is 60.4 Å². The van der Waals surface area contributed by atoms with E-state index in [1.807, 2.05) is 42.5 Å². The molecule has 0 saturated heterocycles. The van der Waals surface area contributed by atoms with Crippen molar-refractivity contribution in [2.24, 2.45) is 0 Å². The van der Waals surface area contributed by atoms with Crippen molar-refractivity contribution in [3.63, 3.8) is 0 Å². The normalized spacial score (nSPS) is 12.2. The molecule has 16 heavy (non-hydrogen) atoms. The van der Waals surface area contributed by atoms with E-state index in [4.69, 9.17) is 0 Å². The lowest BCUT2D eigenvalue weighted by molar-refractivity contribution is -0.140. The molecule has 3 heteroatoms. The van der Waals surface area contributed by atoms with E-state index in [0.29, 0.717) is 6.42 Å². The van der Waals surface area contributed by atoms with Gasteiger partial charge in [0.05, 0.1) is 0 Å². The van der Waals surface area contributed by atoms with E-state index in [1.165, 1.54) is 0 Å². The number of carboxylic acid groups (broad SMARTS) is 1. The van der Waals surface area contributed by atoms with Crippen LogP contribution in [0, 0.1) is 0 Å². The van der Waals surface area contributed by atoms with Crippen LogP contribution < -0.4 is 0 Å². The average molecular weight is 215 g/mol. The number of nitrogens with zero attached hydrogens (tertiary/aromatic N) is 1.